The monoisotopic (exact) mass is 329 g/mol. The zero-order chi connectivity index (χ0) is 15.6. The zero-order valence-electron chi connectivity index (χ0n) is 12.4. The van der Waals surface area contributed by atoms with Gasteiger partial charge in [0.1, 0.15) is 9.90 Å². The first-order chi connectivity index (χ1) is 9.78. The van der Waals surface area contributed by atoms with Gasteiger partial charge >= 0.3 is 0 Å². The van der Waals surface area contributed by atoms with Gasteiger partial charge in [-0.1, -0.05) is 25.2 Å². The molecule has 0 fully saturated rings. The number of nitrogens with one attached hydrogen (secondary N) is 1. The molecule has 2 heterocycles. The van der Waals surface area contributed by atoms with Crippen molar-refractivity contribution in [3.8, 4) is 0 Å². The SMILES string of the molecule is CC(C)Cc1nnc(NS(=O)(=O)c2cnn(C(C)C)c2)s1. The third-order valence-electron chi connectivity index (χ3n) is 2.69. The van der Waals surface area contributed by atoms with E-state index in [1.807, 2.05) is 13.8 Å². The van der Waals surface area contributed by atoms with Gasteiger partial charge in [-0.2, -0.15) is 5.10 Å². The Balaban J connectivity index is 2.14. The smallest absolute Gasteiger partial charge is 0.266 e. The van der Waals surface area contributed by atoms with Crippen molar-refractivity contribution in [3.05, 3.63) is 17.4 Å². The molecule has 0 atom stereocenters. The van der Waals surface area contributed by atoms with Crippen LogP contribution in [0.25, 0.3) is 0 Å². The fourth-order valence-corrected chi connectivity index (χ4v) is 3.76. The average molecular weight is 329 g/mol. The largest absolute Gasteiger partial charge is 0.269 e. The fraction of sp³-hybridized carbons (Fsp3) is 0.583. The van der Waals surface area contributed by atoms with Crippen molar-refractivity contribution < 1.29 is 8.42 Å². The molecule has 7 nitrogen and oxygen atoms in total. The lowest BCUT2D eigenvalue weighted by Gasteiger charge is -2.04. The van der Waals surface area contributed by atoms with E-state index in [0.717, 1.165) is 11.4 Å². The number of rotatable bonds is 6. The maximum absolute atomic E-state index is 12.2. The molecule has 1 N–H and O–H groups in total. The van der Waals surface area contributed by atoms with Gasteiger partial charge in [-0.05, 0) is 19.8 Å². The quantitative estimate of drug-likeness (QED) is 0.878. The van der Waals surface area contributed by atoms with E-state index in [4.69, 9.17) is 0 Å². The van der Waals surface area contributed by atoms with Gasteiger partial charge in [0.25, 0.3) is 10.0 Å². The average Bonchev–Trinajstić information content (AvgIpc) is 2.97. The molecule has 2 aromatic rings. The Bertz CT molecular complexity index is 703. The van der Waals surface area contributed by atoms with E-state index < -0.39 is 10.0 Å². The molecular formula is C12H19N5O2S2. The molecule has 21 heavy (non-hydrogen) atoms. The lowest BCUT2D eigenvalue weighted by molar-refractivity contribution is 0.531. The number of hydrogen-bond donors (Lipinski definition) is 1. The summed E-state index contributed by atoms with van der Waals surface area (Å²) in [6.07, 6.45) is 3.62. The number of anilines is 1. The molecule has 2 rings (SSSR count). The van der Waals surface area contributed by atoms with Crippen LogP contribution in [0.3, 0.4) is 0 Å². The molecule has 0 saturated heterocycles. The van der Waals surface area contributed by atoms with Crippen molar-refractivity contribution in [1.29, 1.82) is 0 Å². The van der Waals surface area contributed by atoms with Gasteiger partial charge in [0.05, 0.1) is 6.20 Å². The van der Waals surface area contributed by atoms with E-state index in [2.05, 4.69) is 33.9 Å². The molecule has 0 spiro atoms. The normalized spacial score (nSPS) is 12.3. The lowest BCUT2D eigenvalue weighted by Crippen LogP contribution is -2.12. The molecule has 2 aromatic heterocycles. The van der Waals surface area contributed by atoms with Gasteiger partial charge in [-0.15, -0.1) is 10.2 Å². The van der Waals surface area contributed by atoms with Gasteiger partial charge in [0.2, 0.25) is 5.13 Å². The summed E-state index contributed by atoms with van der Waals surface area (Å²) in [7, 11) is -3.67. The van der Waals surface area contributed by atoms with Crippen LogP contribution in [-0.2, 0) is 16.4 Å². The third kappa shape index (κ3) is 4.01. The minimum atomic E-state index is -3.67. The van der Waals surface area contributed by atoms with Crippen molar-refractivity contribution in [3.63, 3.8) is 0 Å². The van der Waals surface area contributed by atoms with E-state index in [9.17, 15) is 8.42 Å². The van der Waals surface area contributed by atoms with Gasteiger partial charge in [-0.25, -0.2) is 8.42 Å². The van der Waals surface area contributed by atoms with Crippen LogP contribution in [0.4, 0.5) is 5.13 Å². The van der Waals surface area contributed by atoms with Gasteiger partial charge in [-0.3, -0.25) is 9.40 Å². The molecule has 0 aromatic carbocycles. The Morgan fingerprint density at radius 1 is 1.29 bits per heavy atom. The van der Waals surface area contributed by atoms with Gasteiger partial charge in [0, 0.05) is 18.7 Å². The van der Waals surface area contributed by atoms with Crippen LogP contribution in [0.2, 0.25) is 0 Å². The Morgan fingerprint density at radius 2 is 2.00 bits per heavy atom. The molecule has 0 aliphatic rings. The summed E-state index contributed by atoms with van der Waals surface area (Å²) in [6.45, 7) is 8.01. The molecule has 116 valence electrons. The standard InChI is InChI=1S/C12H19N5O2S2/c1-8(2)5-11-14-15-12(20-11)16-21(18,19)10-6-13-17(7-10)9(3)4/h6-9H,5H2,1-4H3,(H,15,16). The maximum atomic E-state index is 12.2. The van der Waals surface area contributed by atoms with E-state index >= 15 is 0 Å². The molecule has 0 radical (unpaired) electrons. The predicted molar refractivity (Wildman–Crippen MR) is 81.9 cm³/mol. The Kier molecular flexibility index (Phi) is 4.62. The van der Waals surface area contributed by atoms with Crippen molar-refractivity contribution >= 4 is 26.5 Å². The maximum Gasteiger partial charge on any atom is 0.266 e. The van der Waals surface area contributed by atoms with Crippen LogP contribution in [0.1, 0.15) is 38.7 Å². The van der Waals surface area contributed by atoms with Gasteiger partial charge < -0.3 is 0 Å². The zero-order valence-corrected chi connectivity index (χ0v) is 14.1. The third-order valence-corrected chi connectivity index (χ3v) is 4.97. The van der Waals surface area contributed by atoms with Gasteiger partial charge in [0.15, 0.2) is 0 Å². The molecule has 0 unspecified atom stereocenters. The second kappa shape index (κ2) is 6.10. The fourth-order valence-electron chi connectivity index (χ4n) is 1.64. The molecule has 0 bridgehead atoms. The second-order valence-corrected chi connectivity index (χ2v) is 8.20. The summed E-state index contributed by atoms with van der Waals surface area (Å²) in [5, 5.41) is 13.0. The van der Waals surface area contributed by atoms with Crippen LogP contribution in [-0.4, -0.2) is 28.4 Å². The number of nitrogens with zero attached hydrogens (tertiary/aromatic N) is 4. The predicted octanol–water partition coefficient (Wildman–Crippen LogP) is 2.31. The van der Waals surface area contributed by atoms with E-state index in [1.165, 1.54) is 23.7 Å². The van der Waals surface area contributed by atoms with Crippen LogP contribution in [0.5, 0.6) is 0 Å². The van der Waals surface area contributed by atoms with Crippen molar-refractivity contribution in [1.82, 2.24) is 20.0 Å². The molecule has 0 aliphatic carbocycles. The molecule has 0 amide bonds. The molecular weight excluding hydrogens is 310 g/mol. The van der Waals surface area contributed by atoms with E-state index in [0.29, 0.717) is 5.92 Å². The number of aromatic nitrogens is 4. The van der Waals surface area contributed by atoms with Crippen molar-refractivity contribution in [2.75, 3.05) is 4.72 Å². The highest BCUT2D eigenvalue weighted by Gasteiger charge is 2.19. The Hall–Kier alpha value is -1.48. The summed E-state index contributed by atoms with van der Waals surface area (Å²) in [6, 6.07) is 0.105. The van der Waals surface area contributed by atoms with E-state index in [-0.39, 0.29) is 16.1 Å². The van der Waals surface area contributed by atoms with Crippen LogP contribution >= 0.6 is 11.3 Å². The summed E-state index contributed by atoms with van der Waals surface area (Å²) in [5.41, 5.74) is 0. The van der Waals surface area contributed by atoms with Crippen LogP contribution in [0, 0.1) is 5.92 Å². The topological polar surface area (TPSA) is 89.8 Å². The summed E-state index contributed by atoms with van der Waals surface area (Å²) >= 11 is 1.26. The highest BCUT2D eigenvalue weighted by Crippen LogP contribution is 2.21. The summed E-state index contributed by atoms with van der Waals surface area (Å²) in [4.78, 5) is 0.122. The highest BCUT2D eigenvalue weighted by atomic mass is 32.2. The first kappa shape index (κ1) is 15.9. The summed E-state index contributed by atoms with van der Waals surface area (Å²) in [5.74, 6) is 0.451. The Labute approximate surface area is 128 Å². The molecule has 0 aliphatic heterocycles. The minimum absolute atomic E-state index is 0.105. The number of sulfonamides is 1. The van der Waals surface area contributed by atoms with Crippen molar-refractivity contribution in [2.45, 2.75) is 45.1 Å². The first-order valence-corrected chi connectivity index (χ1v) is 8.97. The van der Waals surface area contributed by atoms with Crippen molar-refractivity contribution in [2.24, 2.45) is 5.92 Å². The van der Waals surface area contributed by atoms with E-state index in [1.54, 1.807) is 4.68 Å². The number of hydrogen-bond acceptors (Lipinski definition) is 6. The minimum Gasteiger partial charge on any atom is -0.269 e. The van der Waals surface area contributed by atoms with Crippen LogP contribution in [0.15, 0.2) is 17.3 Å². The van der Waals surface area contributed by atoms with Crippen LogP contribution < -0.4 is 4.72 Å². The second-order valence-electron chi connectivity index (χ2n) is 5.45. The first-order valence-electron chi connectivity index (χ1n) is 6.67. The highest BCUT2D eigenvalue weighted by molar-refractivity contribution is 7.93. The molecule has 0 saturated carbocycles. The molecule has 9 heteroatoms. The lowest BCUT2D eigenvalue weighted by atomic mass is 10.1. The summed E-state index contributed by atoms with van der Waals surface area (Å²) < 4.78 is 28.5. The Morgan fingerprint density at radius 3 is 2.57 bits per heavy atom.